The average molecular weight is 128 g/mol. The highest BCUT2D eigenvalue weighted by atomic mass is 16.1. The maximum atomic E-state index is 10.7. The van der Waals surface area contributed by atoms with E-state index in [2.05, 4.69) is 5.32 Å². The van der Waals surface area contributed by atoms with E-state index in [4.69, 9.17) is 0 Å². The normalized spacial score (nSPS) is 9.78. The Morgan fingerprint density at radius 1 is 1.44 bits per heavy atom. The van der Waals surface area contributed by atoms with Crippen LogP contribution in [0.4, 0.5) is 0 Å². The van der Waals surface area contributed by atoms with Gasteiger partial charge in [0.25, 0.3) is 0 Å². The Labute approximate surface area is 56.6 Å². The van der Waals surface area contributed by atoms with E-state index in [-0.39, 0.29) is 5.91 Å². The number of rotatable bonds is 3. The standard InChI is InChI=1S/C7H14NO/c1-4-5-7(9)8-6(2)3/h4-5H2,1-3H3,(H,8,9). The fourth-order valence-corrected chi connectivity index (χ4v) is 0.568. The second-order valence-corrected chi connectivity index (χ2v) is 2.30. The first-order valence-electron chi connectivity index (χ1n) is 3.26. The van der Waals surface area contributed by atoms with Crippen molar-refractivity contribution in [2.24, 2.45) is 0 Å². The van der Waals surface area contributed by atoms with Gasteiger partial charge in [-0.25, -0.2) is 0 Å². The summed E-state index contributed by atoms with van der Waals surface area (Å²) in [5, 5.41) is 2.72. The van der Waals surface area contributed by atoms with E-state index in [0.717, 1.165) is 12.5 Å². The molecule has 0 aromatic carbocycles. The van der Waals surface area contributed by atoms with Crippen molar-refractivity contribution in [3.63, 3.8) is 0 Å². The smallest absolute Gasteiger partial charge is 0.220 e. The van der Waals surface area contributed by atoms with E-state index < -0.39 is 0 Å². The van der Waals surface area contributed by atoms with Crippen LogP contribution in [0.1, 0.15) is 33.6 Å². The molecule has 0 saturated carbocycles. The predicted molar refractivity (Wildman–Crippen MR) is 37.6 cm³/mol. The van der Waals surface area contributed by atoms with Gasteiger partial charge >= 0.3 is 0 Å². The molecule has 0 fully saturated rings. The van der Waals surface area contributed by atoms with Crippen LogP contribution in [0.5, 0.6) is 0 Å². The molecule has 0 bridgehead atoms. The van der Waals surface area contributed by atoms with Gasteiger partial charge in [0, 0.05) is 6.42 Å². The fourth-order valence-electron chi connectivity index (χ4n) is 0.568. The van der Waals surface area contributed by atoms with Gasteiger partial charge in [-0.1, -0.05) is 6.92 Å². The Hall–Kier alpha value is -0.530. The molecule has 0 aliphatic rings. The fraction of sp³-hybridized carbons (Fsp3) is 0.714. The van der Waals surface area contributed by atoms with Crippen molar-refractivity contribution in [1.29, 1.82) is 0 Å². The Morgan fingerprint density at radius 2 is 2.00 bits per heavy atom. The molecule has 0 saturated heterocycles. The minimum Gasteiger partial charge on any atom is -0.349 e. The number of hydrogen-bond donors (Lipinski definition) is 1. The van der Waals surface area contributed by atoms with Crippen LogP contribution in [-0.4, -0.2) is 5.91 Å². The zero-order chi connectivity index (χ0) is 7.28. The van der Waals surface area contributed by atoms with E-state index in [0.29, 0.717) is 6.42 Å². The van der Waals surface area contributed by atoms with Gasteiger partial charge in [-0.2, -0.15) is 0 Å². The summed E-state index contributed by atoms with van der Waals surface area (Å²) in [6, 6.07) is 0.966. The quantitative estimate of drug-likeness (QED) is 0.612. The summed E-state index contributed by atoms with van der Waals surface area (Å²) in [5.74, 6) is 0.123. The summed E-state index contributed by atoms with van der Waals surface area (Å²) in [6.45, 7) is 5.76. The lowest BCUT2D eigenvalue weighted by Gasteiger charge is -2.04. The van der Waals surface area contributed by atoms with Crippen LogP contribution in [0, 0.1) is 6.04 Å². The molecule has 1 radical (unpaired) electrons. The monoisotopic (exact) mass is 128 g/mol. The number of carbonyl (C=O) groups excluding carboxylic acids is 1. The summed E-state index contributed by atoms with van der Waals surface area (Å²) in [5.41, 5.74) is 0. The van der Waals surface area contributed by atoms with Crippen LogP contribution in [0.25, 0.3) is 0 Å². The Morgan fingerprint density at radius 3 is 2.33 bits per heavy atom. The molecular weight excluding hydrogens is 114 g/mol. The highest BCUT2D eigenvalue weighted by molar-refractivity contribution is 5.76. The van der Waals surface area contributed by atoms with Crippen LogP contribution < -0.4 is 5.32 Å². The average Bonchev–Trinajstić information content (AvgIpc) is 1.63. The lowest BCUT2D eigenvalue weighted by molar-refractivity contribution is -0.120. The molecule has 2 nitrogen and oxygen atoms in total. The molecule has 0 aromatic heterocycles. The highest BCUT2D eigenvalue weighted by Gasteiger charge is 1.99. The minimum atomic E-state index is 0.123. The molecule has 0 spiro atoms. The van der Waals surface area contributed by atoms with Crippen molar-refractivity contribution in [1.82, 2.24) is 5.32 Å². The van der Waals surface area contributed by atoms with Gasteiger partial charge in [0.15, 0.2) is 0 Å². The molecule has 0 aliphatic heterocycles. The van der Waals surface area contributed by atoms with E-state index >= 15 is 0 Å². The molecule has 0 atom stereocenters. The van der Waals surface area contributed by atoms with Crippen molar-refractivity contribution < 1.29 is 4.79 Å². The minimum absolute atomic E-state index is 0.123. The summed E-state index contributed by atoms with van der Waals surface area (Å²) in [4.78, 5) is 10.7. The molecule has 2 heteroatoms. The molecule has 0 unspecified atom stereocenters. The summed E-state index contributed by atoms with van der Waals surface area (Å²) in [6.07, 6.45) is 1.55. The van der Waals surface area contributed by atoms with Crippen LogP contribution >= 0.6 is 0 Å². The van der Waals surface area contributed by atoms with Crippen LogP contribution in [0.2, 0.25) is 0 Å². The van der Waals surface area contributed by atoms with Crippen LogP contribution in [-0.2, 0) is 4.79 Å². The van der Waals surface area contributed by atoms with Gasteiger partial charge in [0.2, 0.25) is 5.91 Å². The van der Waals surface area contributed by atoms with E-state index in [1.165, 1.54) is 0 Å². The molecule has 53 valence electrons. The van der Waals surface area contributed by atoms with Crippen molar-refractivity contribution in [2.45, 2.75) is 33.6 Å². The topological polar surface area (TPSA) is 29.1 Å². The molecule has 1 amide bonds. The lowest BCUT2D eigenvalue weighted by atomic mass is 10.3. The molecule has 9 heavy (non-hydrogen) atoms. The maximum Gasteiger partial charge on any atom is 0.220 e. The zero-order valence-corrected chi connectivity index (χ0v) is 6.32. The molecule has 0 aromatic rings. The molecule has 0 aliphatic carbocycles. The van der Waals surface area contributed by atoms with Gasteiger partial charge in [-0.05, 0) is 20.3 Å². The third-order valence-electron chi connectivity index (χ3n) is 0.866. The van der Waals surface area contributed by atoms with Gasteiger partial charge in [-0.15, -0.1) is 0 Å². The van der Waals surface area contributed by atoms with Crippen LogP contribution in [0.15, 0.2) is 0 Å². The van der Waals surface area contributed by atoms with E-state index in [1.807, 2.05) is 20.8 Å². The second kappa shape index (κ2) is 4.36. The first-order chi connectivity index (χ1) is 4.16. The Kier molecular flexibility index (Phi) is 4.10. The van der Waals surface area contributed by atoms with Crippen molar-refractivity contribution in [3.8, 4) is 0 Å². The highest BCUT2D eigenvalue weighted by Crippen LogP contribution is 1.91. The number of nitrogens with one attached hydrogen (secondary N) is 1. The summed E-state index contributed by atoms with van der Waals surface area (Å²) < 4.78 is 0. The summed E-state index contributed by atoms with van der Waals surface area (Å²) in [7, 11) is 0. The largest absolute Gasteiger partial charge is 0.349 e. The van der Waals surface area contributed by atoms with E-state index in [1.54, 1.807) is 0 Å². The van der Waals surface area contributed by atoms with E-state index in [9.17, 15) is 4.79 Å². The second-order valence-electron chi connectivity index (χ2n) is 2.30. The summed E-state index contributed by atoms with van der Waals surface area (Å²) >= 11 is 0. The van der Waals surface area contributed by atoms with Gasteiger partial charge in [0.1, 0.15) is 0 Å². The van der Waals surface area contributed by atoms with Crippen LogP contribution in [0.3, 0.4) is 0 Å². The predicted octanol–water partition coefficient (Wildman–Crippen LogP) is 1.47. The third kappa shape index (κ3) is 5.34. The van der Waals surface area contributed by atoms with Gasteiger partial charge < -0.3 is 5.32 Å². The Balaban J connectivity index is 3.27. The van der Waals surface area contributed by atoms with Gasteiger partial charge in [0.05, 0.1) is 6.04 Å². The lowest BCUT2D eigenvalue weighted by Crippen LogP contribution is -2.23. The number of amides is 1. The maximum absolute atomic E-state index is 10.7. The van der Waals surface area contributed by atoms with Crippen molar-refractivity contribution in [3.05, 3.63) is 6.04 Å². The molecule has 0 rings (SSSR count). The molecule has 1 N–H and O–H groups in total. The first-order valence-corrected chi connectivity index (χ1v) is 3.26. The third-order valence-corrected chi connectivity index (χ3v) is 0.866. The Bertz CT molecular complexity index is 88.9. The van der Waals surface area contributed by atoms with Crippen molar-refractivity contribution in [2.75, 3.05) is 0 Å². The molecule has 0 heterocycles. The van der Waals surface area contributed by atoms with Crippen molar-refractivity contribution >= 4 is 5.91 Å². The van der Waals surface area contributed by atoms with Gasteiger partial charge in [-0.3, -0.25) is 4.79 Å². The number of carbonyl (C=O) groups is 1. The number of hydrogen-bond acceptors (Lipinski definition) is 1. The SMILES string of the molecule is CCCC(=O)N[C](C)C. The zero-order valence-electron chi connectivity index (χ0n) is 6.32. The first kappa shape index (κ1) is 8.47. The molecular formula is C7H14NO.